The van der Waals surface area contributed by atoms with E-state index in [1.165, 1.54) is 44.3 Å². The zero-order valence-electron chi connectivity index (χ0n) is 12.2. The summed E-state index contributed by atoms with van der Waals surface area (Å²) in [5.74, 6) is 0.964. The van der Waals surface area contributed by atoms with Gasteiger partial charge in [0.05, 0.1) is 0 Å². The van der Waals surface area contributed by atoms with E-state index in [0.717, 1.165) is 18.9 Å². The number of hydrogen-bond acceptors (Lipinski definition) is 2. The number of hydrogen-bond donors (Lipinski definition) is 1. The van der Waals surface area contributed by atoms with Gasteiger partial charge in [0.2, 0.25) is 0 Å². The van der Waals surface area contributed by atoms with E-state index in [4.69, 9.17) is 5.73 Å². The molecule has 0 saturated carbocycles. The van der Waals surface area contributed by atoms with Crippen molar-refractivity contribution in [2.75, 3.05) is 19.6 Å². The summed E-state index contributed by atoms with van der Waals surface area (Å²) >= 11 is 0. The first-order chi connectivity index (χ1) is 9.28. The summed E-state index contributed by atoms with van der Waals surface area (Å²) in [6.07, 6.45) is 6.47. The molecule has 1 heterocycles. The van der Waals surface area contributed by atoms with E-state index in [2.05, 4.69) is 42.2 Å². The van der Waals surface area contributed by atoms with Crippen molar-refractivity contribution in [3.63, 3.8) is 0 Å². The van der Waals surface area contributed by atoms with Crippen LogP contribution >= 0.6 is 0 Å². The summed E-state index contributed by atoms with van der Waals surface area (Å²) in [7, 11) is 0. The van der Waals surface area contributed by atoms with Gasteiger partial charge in [0.15, 0.2) is 0 Å². The van der Waals surface area contributed by atoms with Gasteiger partial charge in [0.25, 0.3) is 0 Å². The minimum absolute atomic E-state index is 0.269. The molecule has 2 nitrogen and oxygen atoms in total. The fraction of sp³-hybridized carbons (Fsp3) is 0.647. The van der Waals surface area contributed by atoms with Crippen molar-refractivity contribution in [1.82, 2.24) is 4.90 Å². The van der Waals surface area contributed by atoms with Gasteiger partial charge in [-0.05, 0) is 43.8 Å². The van der Waals surface area contributed by atoms with Crippen molar-refractivity contribution in [3.8, 4) is 0 Å². The molecule has 0 amide bonds. The number of likely N-dealkylation sites (tertiary alicyclic amines) is 1. The molecule has 19 heavy (non-hydrogen) atoms. The molecule has 1 atom stereocenters. The Bertz CT molecular complexity index is 342. The van der Waals surface area contributed by atoms with Crippen LogP contribution in [0.4, 0.5) is 0 Å². The van der Waals surface area contributed by atoms with Crippen LogP contribution in [0.3, 0.4) is 0 Å². The van der Waals surface area contributed by atoms with Gasteiger partial charge in [-0.25, -0.2) is 0 Å². The molecule has 2 N–H and O–H groups in total. The van der Waals surface area contributed by atoms with E-state index < -0.39 is 0 Å². The monoisotopic (exact) mass is 260 g/mol. The molecule has 2 heteroatoms. The Morgan fingerprint density at radius 3 is 2.53 bits per heavy atom. The molecule has 1 unspecified atom stereocenters. The molecule has 106 valence electrons. The van der Waals surface area contributed by atoms with Crippen LogP contribution in [0.25, 0.3) is 0 Å². The Labute approximate surface area is 118 Å². The summed E-state index contributed by atoms with van der Waals surface area (Å²) in [4.78, 5) is 2.56. The minimum Gasteiger partial charge on any atom is -0.326 e. The van der Waals surface area contributed by atoms with Crippen LogP contribution in [-0.2, 0) is 6.42 Å². The van der Waals surface area contributed by atoms with Gasteiger partial charge >= 0.3 is 0 Å². The number of benzene rings is 1. The third-order valence-electron chi connectivity index (χ3n) is 4.24. The fourth-order valence-corrected chi connectivity index (χ4v) is 3.18. The Morgan fingerprint density at radius 2 is 1.89 bits per heavy atom. The highest BCUT2D eigenvalue weighted by Gasteiger charge is 2.19. The standard InChI is InChI=1S/C17H28N2/c1-2-6-15-9-11-19(12-10-15)14-17(18)13-16-7-4-3-5-8-16/h3-5,7-8,15,17H,2,6,9-14,18H2,1H3. The predicted octanol–water partition coefficient (Wildman–Crippen LogP) is 3.07. The third kappa shape index (κ3) is 4.96. The van der Waals surface area contributed by atoms with E-state index in [-0.39, 0.29) is 6.04 Å². The van der Waals surface area contributed by atoms with Crippen molar-refractivity contribution in [2.24, 2.45) is 11.7 Å². The highest BCUT2D eigenvalue weighted by molar-refractivity contribution is 5.15. The Morgan fingerprint density at radius 1 is 1.21 bits per heavy atom. The van der Waals surface area contributed by atoms with Crippen LogP contribution in [-0.4, -0.2) is 30.6 Å². The van der Waals surface area contributed by atoms with Crippen LogP contribution in [0, 0.1) is 5.92 Å². The number of piperidine rings is 1. The summed E-state index contributed by atoms with van der Waals surface area (Å²) in [5.41, 5.74) is 7.65. The molecular formula is C17H28N2. The van der Waals surface area contributed by atoms with Gasteiger partial charge in [-0.3, -0.25) is 0 Å². The Hall–Kier alpha value is -0.860. The smallest absolute Gasteiger partial charge is 0.0208 e. The van der Waals surface area contributed by atoms with Gasteiger partial charge in [0, 0.05) is 12.6 Å². The SMILES string of the molecule is CCCC1CCN(CC(N)Cc2ccccc2)CC1. The van der Waals surface area contributed by atoms with Crippen LogP contribution in [0.2, 0.25) is 0 Å². The second-order valence-electron chi connectivity index (χ2n) is 5.98. The molecule has 1 saturated heterocycles. The van der Waals surface area contributed by atoms with Gasteiger partial charge < -0.3 is 10.6 Å². The van der Waals surface area contributed by atoms with Crippen LogP contribution in [0.5, 0.6) is 0 Å². The molecule has 0 spiro atoms. The van der Waals surface area contributed by atoms with E-state index in [0.29, 0.717) is 0 Å². The highest BCUT2D eigenvalue weighted by atomic mass is 15.1. The lowest BCUT2D eigenvalue weighted by atomic mass is 9.92. The Balaban J connectivity index is 1.70. The van der Waals surface area contributed by atoms with Crippen molar-refractivity contribution >= 4 is 0 Å². The first-order valence-corrected chi connectivity index (χ1v) is 7.79. The highest BCUT2D eigenvalue weighted by Crippen LogP contribution is 2.21. The molecule has 1 aliphatic rings. The molecule has 0 bridgehead atoms. The number of nitrogens with zero attached hydrogens (tertiary/aromatic N) is 1. The lowest BCUT2D eigenvalue weighted by molar-refractivity contribution is 0.170. The maximum Gasteiger partial charge on any atom is 0.0208 e. The molecule has 0 aromatic heterocycles. The first kappa shape index (κ1) is 14.5. The van der Waals surface area contributed by atoms with Crippen LogP contribution < -0.4 is 5.73 Å². The molecule has 2 rings (SSSR count). The largest absolute Gasteiger partial charge is 0.326 e. The van der Waals surface area contributed by atoms with Gasteiger partial charge in [-0.2, -0.15) is 0 Å². The average molecular weight is 260 g/mol. The Kier molecular flexibility index (Phi) is 5.87. The quantitative estimate of drug-likeness (QED) is 0.851. The van der Waals surface area contributed by atoms with E-state index in [1.807, 2.05) is 0 Å². The number of nitrogens with two attached hydrogens (primary N) is 1. The van der Waals surface area contributed by atoms with E-state index in [1.54, 1.807) is 0 Å². The normalized spacial score (nSPS) is 19.5. The predicted molar refractivity (Wildman–Crippen MR) is 82.2 cm³/mol. The van der Waals surface area contributed by atoms with Crippen molar-refractivity contribution < 1.29 is 0 Å². The first-order valence-electron chi connectivity index (χ1n) is 7.79. The number of rotatable bonds is 6. The summed E-state index contributed by atoms with van der Waals surface area (Å²) in [6, 6.07) is 10.9. The van der Waals surface area contributed by atoms with Gasteiger partial charge in [-0.1, -0.05) is 50.1 Å². The molecule has 1 aromatic carbocycles. The minimum atomic E-state index is 0.269. The van der Waals surface area contributed by atoms with Crippen LogP contribution in [0.15, 0.2) is 30.3 Å². The summed E-state index contributed by atoms with van der Waals surface area (Å²) < 4.78 is 0. The molecule has 1 aliphatic heterocycles. The lowest BCUT2D eigenvalue weighted by Crippen LogP contribution is -2.42. The summed E-state index contributed by atoms with van der Waals surface area (Å²) in [5, 5.41) is 0. The van der Waals surface area contributed by atoms with Gasteiger partial charge in [-0.15, -0.1) is 0 Å². The zero-order valence-corrected chi connectivity index (χ0v) is 12.2. The lowest BCUT2D eigenvalue weighted by Gasteiger charge is -2.33. The summed E-state index contributed by atoms with van der Waals surface area (Å²) in [6.45, 7) is 5.83. The molecular weight excluding hydrogens is 232 g/mol. The maximum absolute atomic E-state index is 6.29. The topological polar surface area (TPSA) is 29.3 Å². The molecule has 0 radical (unpaired) electrons. The van der Waals surface area contributed by atoms with E-state index in [9.17, 15) is 0 Å². The zero-order chi connectivity index (χ0) is 13.5. The second kappa shape index (κ2) is 7.66. The van der Waals surface area contributed by atoms with Crippen molar-refractivity contribution in [2.45, 2.75) is 45.1 Å². The fourth-order valence-electron chi connectivity index (χ4n) is 3.18. The van der Waals surface area contributed by atoms with Gasteiger partial charge in [0.1, 0.15) is 0 Å². The van der Waals surface area contributed by atoms with Crippen LogP contribution in [0.1, 0.15) is 38.2 Å². The molecule has 0 aliphatic carbocycles. The average Bonchev–Trinajstić information content (AvgIpc) is 2.42. The molecule has 1 aromatic rings. The van der Waals surface area contributed by atoms with E-state index >= 15 is 0 Å². The maximum atomic E-state index is 6.29. The second-order valence-corrected chi connectivity index (χ2v) is 5.98. The molecule has 1 fully saturated rings. The van der Waals surface area contributed by atoms with Crippen molar-refractivity contribution in [1.29, 1.82) is 0 Å². The third-order valence-corrected chi connectivity index (χ3v) is 4.24. The van der Waals surface area contributed by atoms with Crippen molar-refractivity contribution in [3.05, 3.63) is 35.9 Å².